The minimum atomic E-state index is -3.27. The summed E-state index contributed by atoms with van der Waals surface area (Å²) in [5, 5.41) is 20.5. The maximum Gasteiger partial charge on any atom is 0.323 e. The summed E-state index contributed by atoms with van der Waals surface area (Å²) in [6.45, 7) is 3.61. The van der Waals surface area contributed by atoms with Gasteiger partial charge in [0.2, 0.25) is 16.0 Å². The second-order valence-corrected chi connectivity index (χ2v) is 14.6. The van der Waals surface area contributed by atoms with E-state index >= 15 is 0 Å². The molecule has 15 heteroatoms. The van der Waals surface area contributed by atoms with Crippen molar-refractivity contribution in [2.75, 3.05) is 47.0 Å². The number of carbonyl (C=O) groups is 1. The number of benzene rings is 1. The van der Waals surface area contributed by atoms with Crippen LogP contribution in [0.1, 0.15) is 43.7 Å². The average molecular weight is 684 g/mol. The fourth-order valence-corrected chi connectivity index (χ4v) is 7.45. The summed E-state index contributed by atoms with van der Waals surface area (Å²) in [6, 6.07) is 15.6. The lowest BCUT2D eigenvalue weighted by atomic mass is 9.90. The molecule has 4 aromatic rings. The third kappa shape index (κ3) is 7.98. The molecule has 0 radical (unpaired) electrons. The zero-order valence-electron chi connectivity index (χ0n) is 27.7. The van der Waals surface area contributed by atoms with Crippen molar-refractivity contribution in [3.63, 3.8) is 0 Å². The number of nitrogens with one attached hydrogen (secondary N) is 2. The van der Waals surface area contributed by atoms with E-state index < -0.39 is 10.0 Å². The molecular weight excluding hydrogens is 643 g/mol. The fourth-order valence-electron chi connectivity index (χ4n) is 6.37. The highest BCUT2D eigenvalue weighted by atomic mass is 32.2. The number of nitriles is 1. The van der Waals surface area contributed by atoms with E-state index in [1.807, 2.05) is 60.6 Å². The van der Waals surface area contributed by atoms with Crippen molar-refractivity contribution in [1.29, 1.82) is 5.26 Å². The van der Waals surface area contributed by atoms with E-state index in [0.717, 1.165) is 42.4 Å². The van der Waals surface area contributed by atoms with Crippen LogP contribution < -0.4 is 20.4 Å². The van der Waals surface area contributed by atoms with Gasteiger partial charge < -0.3 is 15.5 Å². The van der Waals surface area contributed by atoms with Crippen LogP contribution in [0, 0.1) is 11.3 Å². The maximum absolute atomic E-state index is 13.7. The molecule has 2 fully saturated rings. The van der Waals surface area contributed by atoms with Crippen LogP contribution in [0.2, 0.25) is 0 Å². The lowest BCUT2D eigenvalue weighted by Crippen LogP contribution is -2.49. The number of anilines is 3. The van der Waals surface area contributed by atoms with E-state index in [4.69, 9.17) is 9.97 Å². The van der Waals surface area contributed by atoms with Crippen LogP contribution in [-0.2, 0) is 23.6 Å². The molecule has 1 saturated heterocycles. The van der Waals surface area contributed by atoms with Gasteiger partial charge in [0.05, 0.1) is 18.1 Å². The molecule has 256 valence electrons. The van der Waals surface area contributed by atoms with E-state index in [1.54, 1.807) is 28.9 Å². The maximum atomic E-state index is 13.7. The van der Waals surface area contributed by atoms with Crippen molar-refractivity contribution in [3.05, 3.63) is 78.4 Å². The minimum absolute atomic E-state index is 0.0609. The number of sulfonamides is 1. The highest BCUT2D eigenvalue weighted by molar-refractivity contribution is 7.89. The molecule has 6 rings (SSSR count). The normalized spacial score (nSPS) is 18.4. The molecule has 0 spiro atoms. The monoisotopic (exact) mass is 683 g/mol. The Morgan fingerprint density at radius 3 is 2.37 bits per heavy atom. The zero-order chi connectivity index (χ0) is 34.4. The number of nitrogens with zero attached hydrogens (tertiary/aromatic N) is 9. The van der Waals surface area contributed by atoms with Gasteiger partial charge >= 0.3 is 6.03 Å². The van der Waals surface area contributed by atoms with E-state index in [0.29, 0.717) is 55.9 Å². The van der Waals surface area contributed by atoms with Crippen molar-refractivity contribution in [1.82, 2.24) is 34.4 Å². The summed E-state index contributed by atoms with van der Waals surface area (Å²) in [4.78, 5) is 31.3. The highest BCUT2D eigenvalue weighted by Crippen LogP contribution is 2.30. The summed E-state index contributed by atoms with van der Waals surface area (Å²) in [6.07, 6.45) is 10.0. The molecule has 0 unspecified atom stereocenters. The van der Waals surface area contributed by atoms with Crippen molar-refractivity contribution in [3.8, 4) is 17.2 Å². The third-order valence-electron chi connectivity index (χ3n) is 9.12. The summed E-state index contributed by atoms with van der Waals surface area (Å²) in [7, 11) is -1.40. The van der Waals surface area contributed by atoms with Crippen LogP contribution in [0.4, 0.5) is 22.4 Å². The highest BCUT2D eigenvalue weighted by Gasteiger charge is 2.32. The van der Waals surface area contributed by atoms with Crippen LogP contribution in [-0.4, -0.2) is 87.5 Å². The molecule has 49 heavy (non-hydrogen) atoms. The number of hydrogen-bond acceptors (Lipinski definition) is 10. The second kappa shape index (κ2) is 15.0. The van der Waals surface area contributed by atoms with Crippen LogP contribution >= 0.6 is 0 Å². The number of aromatic nitrogens is 5. The number of aryl methyl sites for hydroxylation is 1. The van der Waals surface area contributed by atoms with Gasteiger partial charge in [0, 0.05) is 75.4 Å². The van der Waals surface area contributed by atoms with E-state index in [-0.39, 0.29) is 23.9 Å². The second-order valence-electron chi connectivity index (χ2n) is 12.3. The van der Waals surface area contributed by atoms with Gasteiger partial charge in [-0.2, -0.15) is 19.6 Å². The summed E-state index contributed by atoms with van der Waals surface area (Å²) < 4.78 is 27.9. The molecule has 1 aliphatic heterocycles. The standard InChI is InChI=1S/C34H41N11O3S/c1-3-49(47,48)44-17-15-43(16-18-44)32-27(19-35)22-37-33(41-32)40-29-10-12-30(13-11-29)45(34(46)38-20-25-7-5-4-6-8-25)31-14-9-26(21-36-31)28-23-39-42(2)24-28/h4-9,14,21-24,29-30H,3,10-13,15-18,20H2,1-2H3,(H,38,46)(H,37,40,41)/t29-,30-. The van der Waals surface area contributed by atoms with Crippen molar-refractivity contribution >= 4 is 33.6 Å². The Labute approximate surface area is 286 Å². The smallest absolute Gasteiger partial charge is 0.323 e. The quantitative estimate of drug-likeness (QED) is 0.252. The first-order valence-electron chi connectivity index (χ1n) is 16.6. The van der Waals surface area contributed by atoms with Crippen molar-refractivity contribution in [2.45, 2.75) is 51.2 Å². The lowest BCUT2D eigenvalue weighted by Gasteiger charge is -2.37. The van der Waals surface area contributed by atoms with Crippen LogP contribution in [0.15, 0.2) is 67.3 Å². The van der Waals surface area contributed by atoms with Gasteiger partial charge in [0.25, 0.3) is 0 Å². The number of urea groups is 1. The van der Waals surface area contributed by atoms with E-state index in [2.05, 4.69) is 26.8 Å². The first-order valence-corrected chi connectivity index (χ1v) is 18.2. The molecule has 4 heterocycles. The first kappa shape index (κ1) is 33.8. The van der Waals surface area contributed by atoms with Crippen molar-refractivity contribution < 1.29 is 13.2 Å². The van der Waals surface area contributed by atoms with Gasteiger partial charge in [-0.25, -0.2) is 23.2 Å². The first-order chi connectivity index (χ1) is 23.7. The number of amides is 2. The Hall–Kier alpha value is -5.07. The molecule has 1 aromatic carbocycles. The van der Waals surface area contributed by atoms with E-state index in [1.165, 1.54) is 10.5 Å². The molecule has 2 N–H and O–H groups in total. The third-order valence-corrected chi connectivity index (χ3v) is 11.0. The Balaban J connectivity index is 1.13. The summed E-state index contributed by atoms with van der Waals surface area (Å²) in [5.41, 5.74) is 3.23. The molecule has 0 bridgehead atoms. The number of carbonyl (C=O) groups excluding carboxylic acids is 1. The van der Waals surface area contributed by atoms with Gasteiger partial charge in [0.1, 0.15) is 17.5 Å². The van der Waals surface area contributed by atoms with Gasteiger partial charge in [-0.15, -0.1) is 0 Å². The Morgan fingerprint density at radius 2 is 1.73 bits per heavy atom. The number of hydrogen-bond donors (Lipinski definition) is 2. The fraction of sp³-hybridized carbons (Fsp3) is 0.412. The van der Waals surface area contributed by atoms with Crippen molar-refractivity contribution in [2.24, 2.45) is 7.05 Å². The Morgan fingerprint density at radius 1 is 0.980 bits per heavy atom. The van der Waals surface area contributed by atoms with Crippen LogP contribution in [0.25, 0.3) is 11.1 Å². The zero-order valence-corrected chi connectivity index (χ0v) is 28.6. The molecule has 0 atom stereocenters. The molecule has 14 nitrogen and oxygen atoms in total. The molecular formula is C34H41N11O3S. The Bertz CT molecular complexity index is 1880. The molecule has 1 aliphatic carbocycles. The molecule has 2 amide bonds. The van der Waals surface area contributed by atoms with Gasteiger partial charge in [0.15, 0.2) is 5.82 Å². The largest absolute Gasteiger partial charge is 0.353 e. The number of pyridine rings is 1. The van der Waals surface area contributed by atoms with Gasteiger partial charge in [-0.1, -0.05) is 30.3 Å². The number of rotatable bonds is 10. The molecule has 1 saturated carbocycles. The summed E-state index contributed by atoms with van der Waals surface area (Å²) in [5.74, 6) is 1.57. The predicted molar refractivity (Wildman–Crippen MR) is 187 cm³/mol. The molecule has 3 aromatic heterocycles. The topological polar surface area (TPSA) is 165 Å². The Kier molecular flexibility index (Phi) is 10.4. The van der Waals surface area contributed by atoms with Crippen LogP contribution in [0.5, 0.6) is 0 Å². The predicted octanol–water partition coefficient (Wildman–Crippen LogP) is 3.75. The summed E-state index contributed by atoms with van der Waals surface area (Å²) >= 11 is 0. The van der Waals surface area contributed by atoms with Crippen LogP contribution in [0.3, 0.4) is 0 Å². The van der Waals surface area contributed by atoms with Gasteiger partial charge in [-0.05, 0) is 50.3 Å². The lowest BCUT2D eigenvalue weighted by molar-refractivity contribution is 0.240. The minimum Gasteiger partial charge on any atom is -0.353 e. The number of piperazine rings is 1. The van der Waals surface area contributed by atoms with Gasteiger partial charge in [-0.3, -0.25) is 9.58 Å². The SMILES string of the molecule is CCS(=O)(=O)N1CCN(c2nc(N[C@H]3CC[C@H](N(C(=O)NCc4ccccc4)c4ccc(-c5cnn(C)c5)cn4)CC3)ncc2C#N)CC1. The molecule has 2 aliphatic rings. The van der Waals surface area contributed by atoms with E-state index in [9.17, 15) is 18.5 Å². The average Bonchev–Trinajstić information content (AvgIpc) is 3.58.